The number of aromatic carboxylic acids is 1. The summed E-state index contributed by atoms with van der Waals surface area (Å²) in [6, 6.07) is 12.2. The third kappa shape index (κ3) is 3.61. The average molecular weight is 362 g/mol. The Morgan fingerprint density at radius 1 is 1.19 bits per heavy atom. The van der Waals surface area contributed by atoms with Crippen LogP contribution < -0.4 is 5.32 Å². The first-order chi connectivity index (χ1) is 13.2. The molecule has 0 aliphatic heterocycles. The Kier molecular flexibility index (Phi) is 4.98. The maximum Gasteiger partial charge on any atom is 0.354 e. The molecule has 138 valence electrons. The number of benzene rings is 1. The van der Waals surface area contributed by atoms with Crippen molar-refractivity contribution in [3.63, 3.8) is 0 Å². The lowest BCUT2D eigenvalue weighted by molar-refractivity contribution is 0.0681. The van der Waals surface area contributed by atoms with E-state index in [4.69, 9.17) is 0 Å². The van der Waals surface area contributed by atoms with Gasteiger partial charge in [-0.15, -0.1) is 0 Å². The Labute approximate surface area is 157 Å². The minimum Gasteiger partial charge on any atom is -0.477 e. The summed E-state index contributed by atoms with van der Waals surface area (Å²) in [4.78, 5) is 16.0. The molecule has 0 saturated carbocycles. The van der Waals surface area contributed by atoms with Gasteiger partial charge in [-0.3, -0.25) is 9.67 Å². The number of aromatic nitrogens is 3. The maximum atomic E-state index is 11.9. The van der Waals surface area contributed by atoms with Gasteiger partial charge in [-0.05, 0) is 43.0 Å². The second-order valence-electron chi connectivity index (χ2n) is 6.75. The molecule has 1 aromatic carbocycles. The molecule has 27 heavy (non-hydrogen) atoms. The van der Waals surface area contributed by atoms with E-state index in [1.165, 1.54) is 5.56 Å². The molecule has 0 saturated heterocycles. The summed E-state index contributed by atoms with van der Waals surface area (Å²) in [5, 5.41) is 17.8. The van der Waals surface area contributed by atoms with E-state index in [-0.39, 0.29) is 0 Å². The molecule has 0 atom stereocenters. The van der Waals surface area contributed by atoms with Crippen LogP contribution in [0, 0.1) is 0 Å². The number of rotatable bonds is 7. The van der Waals surface area contributed by atoms with Gasteiger partial charge in [-0.1, -0.05) is 30.3 Å². The summed E-state index contributed by atoms with van der Waals surface area (Å²) in [5.41, 5.74) is 5.36. The first kappa shape index (κ1) is 17.4. The van der Waals surface area contributed by atoms with E-state index in [9.17, 15) is 9.90 Å². The Balaban J connectivity index is 1.45. The number of aryl methyl sites for hydroxylation is 2. The molecule has 6 heteroatoms. The number of carboxylic acid groups (broad SMARTS) is 1. The highest BCUT2D eigenvalue weighted by Gasteiger charge is 2.27. The molecule has 0 amide bonds. The smallest absolute Gasteiger partial charge is 0.354 e. The number of carbonyl (C=O) groups is 1. The van der Waals surface area contributed by atoms with Crippen molar-refractivity contribution in [3.05, 3.63) is 71.2 Å². The normalized spacial score (nSPS) is 12.4. The van der Waals surface area contributed by atoms with Crippen LogP contribution in [-0.2, 0) is 25.9 Å². The molecule has 0 bridgehead atoms. The predicted octanol–water partition coefficient (Wildman–Crippen LogP) is 2.92. The number of hydrogen-bond acceptors (Lipinski definition) is 4. The van der Waals surface area contributed by atoms with Gasteiger partial charge in [0.25, 0.3) is 0 Å². The zero-order chi connectivity index (χ0) is 18.6. The second kappa shape index (κ2) is 7.72. The Morgan fingerprint density at radius 3 is 2.85 bits per heavy atom. The predicted molar refractivity (Wildman–Crippen MR) is 103 cm³/mol. The van der Waals surface area contributed by atoms with Crippen molar-refractivity contribution in [2.45, 2.75) is 32.4 Å². The van der Waals surface area contributed by atoms with Gasteiger partial charge in [-0.2, -0.15) is 5.10 Å². The van der Waals surface area contributed by atoms with Crippen LogP contribution in [0.25, 0.3) is 11.3 Å². The largest absolute Gasteiger partial charge is 0.477 e. The number of nitrogens with one attached hydrogen (secondary N) is 1. The van der Waals surface area contributed by atoms with Crippen LogP contribution in [0.5, 0.6) is 0 Å². The van der Waals surface area contributed by atoms with Gasteiger partial charge in [0.15, 0.2) is 0 Å². The van der Waals surface area contributed by atoms with Gasteiger partial charge in [0.05, 0.1) is 5.69 Å². The Morgan fingerprint density at radius 2 is 2.04 bits per heavy atom. The lowest BCUT2D eigenvalue weighted by atomic mass is 9.90. The fraction of sp³-hybridized carbons (Fsp3) is 0.286. The Hall–Kier alpha value is -2.99. The highest BCUT2D eigenvalue weighted by atomic mass is 16.4. The van der Waals surface area contributed by atoms with E-state index >= 15 is 0 Å². The molecular formula is C21H22N4O2. The summed E-state index contributed by atoms with van der Waals surface area (Å²) in [6.45, 7) is 2.19. The molecule has 0 spiro atoms. The quantitative estimate of drug-likeness (QED) is 0.632. The lowest BCUT2D eigenvalue weighted by Gasteiger charge is -2.14. The molecular weight excluding hydrogens is 340 g/mol. The summed E-state index contributed by atoms with van der Waals surface area (Å²) >= 11 is 0. The van der Waals surface area contributed by atoms with E-state index in [0.717, 1.165) is 48.3 Å². The van der Waals surface area contributed by atoms with Gasteiger partial charge in [-0.25, -0.2) is 4.79 Å². The van der Waals surface area contributed by atoms with Crippen molar-refractivity contribution in [2.75, 3.05) is 6.54 Å². The van der Waals surface area contributed by atoms with Crippen LogP contribution in [0.3, 0.4) is 0 Å². The third-order valence-corrected chi connectivity index (χ3v) is 4.95. The molecule has 0 radical (unpaired) electrons. The van der Waals surface area contributed by atoms with Crippen LogP contribution in [0.15, 0.2) is 48.8 Å². The molecule has 0 unspecified atom stereocenters. The van der Waals surface area contributed by atoms with Crippen molar-refractivity contribution in [2.24, 2.45) is 0 Å². The van der Waals surface area contributed by atoms with Crippen molar-refractivity contribution in [3.8, 4) is 11.3 Å². The standard InChI is InChI=1S/C21H22N4O2/c26-21(27)20-18-8-7-16-14-23-11-9-17(16)19(18)24-25(20)12-4-10-22-13-15-5-2-1-3-6-15/h1-3,5-6,9,11,14,22H,4,7-8,10,12-13H2,(H,26,27). The SMILES string of the molecule is O=C(O)c1c2c(nn1CCCNCc1ccccc1)-c1ccncc1CC2. The van der Waals surface area contributed by atoms with Gasteiger partial charge in [0, 0.05) is 36.6 Å². The van der Waals surface area contributed by atoms with Gasteiger partial charge in [0.2, 0.25) is 0 Å². The van der Waals surface area contributed by atoms with Crippen LogP contribution in [-0.4, -0.2) is 32.4 Å². The van der Waals surface area contributed by atoms with Crippen LogP contribution in [0.1, 0.15) is 33.6 Å². The highest BCUT2D eigenvalue weighted by Crippen LogP contribution is 2.34. The van der Waals surface area contributed by atoms with Crippen molar-refractivity contribution >= 4 is 5.97 Å². The second-order valence-corrected chi connectivity index (χ2v) is 6.75. The summed E-state index contributed by atoms with van der Waals surface area (Å²) in [5.74, 6) is -0.904. The zero-order valence-corrected chi connectivity index (χ0v) is 15.1. The fourth-order valence-corrected chi connectivity index (χ4v) is 3.65. The third-order valence-electron chi connectivity index (χ3n) is 4.95. The molecule has 1 aliphatic carbocycles. The minimum atomic E-state index is -0.904. The Bertz CT molecular complexity index is 950. The van der Waals surface area contributed by atoms with Crippen molar-refractivity contribution in [1.29, 1.82) is 0 Å². The molecule has 3 aromatic rings. The molecule has 0 fully saturated rings. The average Bonchev–Trinajstić information content (AvgIpc) is 3.07. The monoisotopic (exact) mass is 362 g/mol. The van der Waals surface area contributed by atoms with Gasteiger partial charge >= 0.3 is 5.97 Å². The number of hydrogen-bond donors (Lipinski definition) is 2. The summed E-state index contributed by atoms with van der Waals surface area (Å²) < 4.78 is 1.66. The number of nitrogens with zero attached hydrogens (tertiary/aromatic N) is 3. The zero-order valence-electron chi connectivity index (χ0n) is 15.1. The van der Waals surface area contributed by atoms with E-state index < -0.39 is 5.97 Å². The first-order valence-corrected chi connectivity index (χ1v) is 9.25. The van der Waals surface area contributed by atoms with Crippen molar-refractivity contribution < 1.29 is 9.90 Å². The molecule has 2 aromatic heterocycles. The van der Waals surface area contributed by atoms with Gasteiger partial charge in [0.1, 0.15) is 5.69 Å². The fourth-order valence-electron chi connectivity index (χ4n) is 3.65. The minimum absolute atomic E-state index is 0.329. The van der Waals surface area contributed by atoms with Crippen LogP contribution in [0.2, 0.25) is 0 Å². The van der Waals surface area contributed by atoms with Crippen molar-refractivity contribution in [1.82, 2.24) is 20.1 Å². The summed E-state index contributed by atoms with van der Waals surface area (Å²) in [6.07, 6.45) is 5.91. The maximum absolute atomic E-state index is 11.9. The molecule has 1 aliphatic rings. The summed E-state index contributed by atoms with van der Waals surface area (Å²) in [7, 11) is 0. The van der Waals surface area contributed by atoms with Crippen LogP contribution in [0.4, 0.5) is 0 Å². The topological polar surface area (TPSA) is 80.0 Å². The first-order valence-electron chi connectivity index (χ1n) is 9.25. The molecule has 2 N–H and O–H groups in total. The molecule has 6 nitrogen and oxygen atoms in total. The van der Waals surface area contributed by atoms with E-state index in [1.54, 1.807) is 10.9 Å². The van der Waals surface area contributed by atoms with Gasteiger partial charge < -0.3 is 10.4 Å². The van der Waals surface area contributed by atoms with E-state index in [2.05, 4.69) is 27.5 Å². The van der Waals surface area contributed by atoms with E-state index in [0.29, 0.717) is 18.7 Å². The number of carboxylic acids is 1. The molecule has 4 rings (SSSR count). The lowest BCUT2D eigenvalue weighted by Crippen LogP contribution is -2.18. The number of fused-ring (bicyclic) bond motifs is 3. The highest BCUT2D eigenvalue weighted by molar-refractivity contribution is 5.90. The van der Waals surface area contributed by atoms with Crippen LogP contribution >= 0.6 is 0 Å². The molecule has 2 heterocycles. The number of pyridine rings is 1. The van der Waals surface area contributed by atoms with E-state index in [1.807, 2.05) is 30.5 Å².